The summed E-state index contributed by atoms with van der Waals surface area (Å²) in [6.07, 6.45) is 5.96. The zero-order valence-electron chi connectivity index (χ0n) is 11.8. The Morgan fingerprint density at radius 2 is 1.95 bits per heavy atom. The minimum absolute atomic E-state index is 0.0640. The summed E-state index contributed by atoms with van der Waals surface area (Å²) in [5, 5.41) is 12.9. The number of phenolic OH excluding ortho intramolecular Hbond substituents is 1. The number of benzene rings is 1. The number of aromatic nitrogens is 1. The van der Waals surface area contributed by atoms with Crippen LogP contribution in [0.2, 0.25) is 0 Å². The van der Waals surface area contributed by atoms with E-state index < -0.39 is 0 Å². The number of pyridine rings is 1. The molecule has 4 nitrogen and oxygen atoms in total. The van der Waals surface area contributed by atoms with Gasteiger partial charge in [0.1, 0.15) is 5.75 Å². The van der Waals surface area contributed by atoms with Gasteiger partial charge >= 0.3 is 0 Å². The molecular formula is C17H18N2O2. The second-order valence-corrected chi connectivity index (χ2v) is 5.35. The molecule has 3 rings (SSSR count). The molecule has 4 heteroatoms. The average Bonchev–Trinajstić information content (AvgIpc) is 2.53. The third-order valence-electron chi connectivity index (χ3n) is 3.86. The molecule has 0 spiro atoms. The van der Waals surface area contributed by atoms with Crippen molar-refractivity contribution >= 4 is 5.91 Å². The predicted octanol–water partition coefficient (Wildman–Crippen LogP) is 2.60. The first-order valence-corrected chi connectivity index (χ1v) is 7.27. The minimum Gasteiger partial charge on any atom is -0.507 e. The van der Waals surface area contributed by atoms with Crippen LogP contribution in [0.1, 0.15) is 40.0 Å². The van der Waals surface area contributed by atoms with E-state index in [0.29, 0.717) is 12.1 Å². The first-order valence-electron chi connectivity index (χ1n) is 7.27. The van der Waals surface area contributed by atoms with E-state index in [1.165, 1.54) is 11.1 Å². The standard InChI is InChI=1S/C17H18N2O2/c20-16-10-13-6-2-1-5-12(13)9-15(16)17(21)19-11-14-7-3-4-8-18-14/h3-4,7-10,20H,1-2,5-6,11H2,(H,19,21). The number of rotatable bonds is 3. The number of fused-ring (bicyclic) bond motifs is 1. The fourth-order valence-electron chi connectivity index (χ4n) is 2.72. The molecule has 1 heterocycles. The molecule has 0 fully saturated rings. The molecule has 1 aliphatic carbocycles. The Labute approximate surface area is 123 Å². The van der Waals surface area contributed by atoms with Gasteiger partial charge in [0.2, 0.25) is 0 Å². The fraction of sp³-hybridized carbons (Fsp3) is 0.294. The van der Waals surface area contributed by atoms with Crippen LogP contribution in [-0.4, -0.2) is 16.0 Å². The van der Waals surface area contributed by atoms with Crippen LogP contribution in [0, 0.1) is 0 Å². The van der Waals surface area contributed by atoms with Gasteiger partial charge in [0.05, 0.1) is 17.8 Å². The maximum absolute atomic E-state index is 12.2. The molecule has 0 aliphatic heterocycles. The topological polar surface area (TPSA) is 62.2 Å². The molecular weight excluding hydrogens is 264 g/mol. The van der Waals surface area contributed by atoms with Crippen LogP contribution in [0.25, 0.3) is 0 Å². The van der Waals surface area contributed by atoms with Gasteiger partial charge in [-0.25, -0.2) is 0 Å². The molecule has 1 amide bonds. The molecule has 2 N–H and O–H groups in total. The molecule has 0 radical (unpaired) electrons. The number of aryl methyl sites for hydroxylation is 2. The Morgan fingerprint density at radius 1 is 1.19 bits per heavy atom. The maximum atomic E-state index is 12.2. The van der Waals surface area contributed by atoms with Crippen molar-refractivity contribution in [1.29, 1.82) is 0 Å². The lowest BCUT2D eigenvalue weighted by Crippen LogP contribution is -2.23. The lowest BCUT2D eigenvalue weighted by molar-refractivity contribution is 0.0947. The first-order chi connectivity index (χ1) is 10.2. The summed E-state index contributed by atoms with van der Waals surface area (Å²) in [7, 11) is 0. The number of aromatic hydroxyl groups is 1. The third-order valence-corrected chi connectivity index (χ3v) is 3.86. The van der Waals surface area contributed by atoms with E-state index in [1.54, 1.807) is 12.3 Å². The monoisotopic (exact) mass is 282 g/mol. The number of hydrogen-bond acceptors (Lipinski definition) is 3. The molecule has 1 aromatic carbocycles. The van der Waals surface area contributed by atoms with Gasteiger partial charge in [0.15, 0.2) is 0 Å². The summed E-state index contributed by atoms with van der Waals surface area (Å²) in [4.78, 5) is 16.4. The van der Waals surface area contributed by atoms with Crippen LogP contribution < -0.4 is 5.32 Å². The number of nitrogens with zero attached hydrogens (tertiary/aromatic N) is 1. The Kier molecular flexibility index (Phi) is 3.86. The van der Waals surface area contributed by atoms with Crippen LogP contribution in [0.5, 0.6) is 5.75 Å². The van der Waals surface area contributed by atoms with E-state index in [9.17, 15) is 9.90 Å². The molecule has 1 aliphatic rings. The highest BCUT2D eigenvalue weighted by atomic mass is 16.3. The highest BCUT2D eigenvalue weighted by Gasteiger charge is 2.17. The minimum atomic E-state index is -0.258. The SMILES string of the molecule is O=C(NCc1ccccn1)c1cc2c(cc1O)CCCC2. The van der Waals surface area contributed by atoms with Crippen molar-refractivity contribution in [3.05, 3.63) is 58.9 Å². The molecule has 0 bridgehead atoms. The van der Waals surface area contributed by atoms with Crippen molar-refractivity contribution in [2.24, 2.45) is 0 Å². The molecule has 0 saturated carbocycles. The van der Waals surface area contributed by atoms with Gasteiger partial charge in [-0.1, -0.05) is 6.07 Å². The molecule has 0 unspecified atom stereocenters. The Hall–Kier alpha value is -2.36. The van der Waals surface area contributed by atoms with Crippen LogP contribution in [-0.2, 0) is 19.4 Å². The molecule has 108 valence electrons. The third kappa shape index (κ3) is 3.05. The molecule has 21 heavy (non-hydrogen) atoms. The number of carbonyl (C=O) groups excluding carboxylic acids is 1. The molecule has 0 atom stereocenters. The lowest BCUT2D eigenvalue weighted by atomic mass is 9.90. The van der Waals surface area contributed by atoms with Gasteiger partial charge < -0.3 is 10.4 Å². The Balaban J connectivity index is 1.75. The van der Waals surface area contributed by atoms with Crippen molar-refractivity contribution in [3.63, 3.8) is 0 Å². The van der Waals surface area contributed by atoms with Gasteiger partial charge in [0.25, 0.3) is 5.91 Å². The summed E-state index contributed by atoms with van der Waals surface area (Å²) in [5.41, 5.74) is 3.50. The van der Waals surface area contributed by atoms with Crippen LogP contribution in [0.3, 0.4) is 0 Å². The number of hydrogen-bond donors (Lipinski definition) is 2. The molecule has 2 aromatic rings. The smallest absolute Gasteiger partial charge is 0.255 e. The molecule has 0 saturated heterocycles. The van der Waals surface area contributed by atoms with Gasteiger partial charge in [0, 0.05) is 6.20 Å². The number of phenols is 1. The van der Waals surface area contributed by atoms with Crippen molar-refractivity contribution in [1.82, 2.24) is 10.3 Å². The lowest BCUT2D eigenvalue weighted by Gasteiger charge is -2.17. The Bertz CT molecular complexity index is 653. The van der Waals surface area contributed by atoms with Crippen molar-refractivity contribution in [3.8, 4) is 5.75 Å². The Morgan fingerprint density at radius 3 is 2.67 bits per heavy atom. The van der Waals surface area contributed by atoms with Crippen LogP contribution in [0.15, 0.2) is 36.5 Å². The number of amides is 1. The number of carbonyl (C=O) groups is 1. The van der Waals surface area contributed by atoms with Crippen LogP contribution in [0.4, 0.5) is 0 Å². The summed E-state index contributed by atoms with van der Waals surface area (Å²) in [6, 6.07) is 9.14. The highest BCUT2D eigenvalue weighted by molar-refractivity contribution is 5.97. The van der Waals surface area contributed by atoms with E-state index in [2.05, 4.69) is 10.3 Å². The van der Waals surface area contributed by atoms with Crippen molar-refractivity contribution in [2.45, 2.75) is 32.2 Å². The average molecular weight is 282 g/mol. The summed E-state index contributed by atoms with van der Waals surface area (Å²) >= 11 is 0. The second kappa shape index (κ2) is 5.95. The van der Waals surface area contributed by atoms with E-state index in [1.807, 2.05) is 24.3 Å². The van der Waals surface area contributed by atoms with Gasteiger partial charge in [-0.3, -0.25) is 9.78 Å². The largest absolute Gasteiger partial charge is 0.507 e. The molecule has 1 aromatic heterocycles. The first kappa shape index (κ1) is 13.6. The van der Waals surface area contributed by atoms with E-state index in [-0.39, 0.29) is 11.7 Å². The summed E-state index contributed by atoms with van der Waals surface area (Å²) in [6.45, 7) is 0.357. The van der Waals surface area contributed by atoms with Crippen LogP contribution >= 0.6 is 0 Å². The predicted molar refractivity (Wildman–Crippen MR) is 80.2 cm³/mol. The normalized spacial score (nSPS) is 13.5. The van der Waals surface area contributed by atoms with Gasteiger partial charge in [-0.05, 0) is 61.1 Å². The number of nitrogens with one attached hydrogen (secondary N) is 1. The summed E-state index contributed by atoms with van der Waals surface area (Å²) < 4.78 is 0. The van der Waals surface area contributed by atoms with Crippen molar-refractivity contribution < 1.29 is 9.90 Å². The van der Waals surface area contributed by atoms with Gasteiger partial charge in [-0.2, -0.15) is 0 Å². The zero-order chi connectivity index (χ0) is 14.7. The van der Waals surface area contributed by atoms with Gasteiger partial charge in [-0.15, -0.1) is 0 Å². The zero-order valence-corrected chi connectivity index (χ0v) is 11.8. The highest BCUT2D eigenvalue weighted by Crippen LogP contribution is 2.28. The maximum Gasteiger partial charge on any atom is 0.255 e. The summed E-state index contributed by atoms with van der Waals surface area (Å²) in [5.74, 6) is -0.194. The second-order valence-electron chi connectivity index (χ2n) is 5.35. The quantitative estimate of drug-likeness (QED) is 0.909. The van der Waals surface area contributed by atoms with Crippen molar-refractivity contribution in [2.75, 3.05) is 0 Å². The van der Waals surface area contributed by atoms with E-state index in [4.69, 9.17) is 0 Å². The van der Waals surface area contributed by atoms with E-state index >= 15 is 0 Å². The fourth-order valence-corrected chi connectivity index (χ4v) is 2.72. The van der Waals surface area contributed by atoms with E-state index in [0.717, 1.165) is 31.4 Å².